The Morgan fingerprint density at radius 2 is 2.04 bits per heavy atom. The molecule has 2 rings (SSSR count). The number of benzene rings is 1. The van der Waals surface area contributed by atoms with E-state index in [-0.39, 0.29) is 33.7 Å². The summed E-state index contributed by atoms with van der Waals surface area (Å²) in [6.45, 7) is -2.84. The molecule has 0 saturated heterocycles. The molecule has 1 aromatic carbocycles. The fourth-order valence-electron chi connectivity index (χ4n) is 1.91. The molecule has 0 aliphatic rings. The molecule has 0 fully saturated rings. The normalized spacial score (nSPS) is 11.5. The molecule has 1 aromatic heterocycles. The molecule has 1 heterocycles. The first-order chi connectivity index (χ1) is 12.7. The molecule has 1 amide bonds. The van der Waals surface area contributed by atoms with E-state index in [1.807, 2.05) is 0 Å². The zero-order valence-electron chi connectivity index (χ0n) is 13.4. The maximum Gasteiger partial charge on any atom is 0.417 e. The van der Waals surface area contributed by atoms with Gasteiger partial charge in [0.2, 0.25) is 0 Å². The molecule has 0 spiro atoms. The van der Waals surface area contributed by atoms with E-state index in [4.69, 9.17) is 11.6 Å². The van der Waals surface area contributed by atoms with Crippen LogP contribution in [0, 0.1) is 0 Å². The highest BCUT2D eigenvalue weighted by Crippen LogP contribution is 2.33. The number of alkyl halides is 5. The molecular formula is C16H12ClF5N2O2S. The Hall–Kier alpha value is -2.07. The Balaban J connectivity index is 1.85. The molecule has 0 aliphatic carbocycles. The van der Waals surface area contributed by atoms with Gasteiger partial charge in [0.05, 0.1) is 10.6 Å². The van der Waals surface area contributed by atoms with E-state index < -0.39 is 24.3 Å². The molecule has 0 radical (unpaired) electrons. The molecule has 146 valence electrons. The van der Waals surface area contributed by atoms with Crippen molar-refractivity contribution in [2.75, 3.05) is 12.3 Å². The standard InChI is InChI=1S/C16H12ClF5N2O2S/c17-12-7-10(16(20,21)22)8-24-14(12)27-5-4-23-13(25)9-2-1-3-11(6-9)26-15(18)19/h1-3,6-8,15H,4-5H2,(H,23,25). The second kappa shape index (κ2) is 9.23. The van der Waals surface area contributed by atoms with E-state index in [1.54, 1.807) is 0 Å². The van der Waals surface area contributed by atoms with Gasteiger partial charge in [0.15, 0.2) is 0 Å². The lowest BCUT2D eigenvalue weighted by Crippen LogP contribution is -2.25. The Morgan fingerprint density at radius 3 is 2.67 bits per heavy atom. The molecule has 27 heavy (non-hydrogen) atoms. The van der Waals surface area contributed by atoms with Crippen molar-refractivity contribution >= 4 is 29.3 Å². The summed E-state index contributed by atoms with van der Waals surface area (Å²) >= 11 is 6.85. The van der Waals surface area contributed by atoms with Crippen LogP contribution in [-0.2, 0) is 6.18 Å². The number of nitrogens with zero attached hydrogens (tertiary/aromatic N) is 1. The first-order valence-corrected chi connectivity index (χ1v) is 8.72. The topological polar surface area (TPSA) is 51.2 Å². The van der Waals surface area contributed by atoms with Crippen LogP contribution < -0.4 is 10.1 Å². The first-order valence-electron chi connectivity index (χ1n) is 7.35. The third kappa shape index (κ3) is 6.55. The van der Waals surface area contributed by atoms with Gasteiger partial charge in [-0.2, -0.15) is 22.0 Å². The van der Waals surface area contributed by atoms with E-state index in [2.05, 4.69) is 15.0 Å². The average Bonchev–Trinajstić information content (AvgIpc) is 2.58. The lowest BCUT2D eigenvalue weighted by atomic mass is 10.2. The third-order valence-electron chi connectivity index (χ3n) is 3.08. The minimum atomic E-state index is -4.53. The van der Waals surface area contributed by atoms with Gasteiger partial charge in [0, 0.05) is 24.1 Å². The second-order valence-electron chi connectivity index (χ2n) is 5.02. The Kier molecular flexibility index (Phi) is 7.25. The zero-order valence-corrected chi connectivity index (χ0v) is 15.0. The number of nitrogens with one attached hydrogen (secondary N) is 1. The number of halogens is 6. The van der Waals surface area contributed by atoms with Crippen molar-refractivity contribution in [1.82, 2.24) is 10.3 Å². The van der Waals surface area contributed by atoms with Crippen LogP contribution in [0.3, 0.4) is 0 Å². The van der Waals surface area contributed by atoms with E-state index in [0.29, 0.717) is 6.20 Å². The van der Waals surface area contributed by atoms with Gasteiger partial charge < -0.3 is 10.1 Å². The SMILES string of the molecule is O=C(NCCSc1ncc(C(F)(F)F)cc1Cl)c1cccc(OC(F)F)c1. The predicted molar refractivity (Wildman–Crippen MR) is 90.4 cm³/mol. The number of ether oxygens (including phenoxy) is 1. The van der Waals surface area contributed by atoms with Gasteiger partial charge in [0.25, 0.3) is 5.91 Å². The van der Waals surface area contributed by atoms with Gasteiger partial charge in [-0.1, -0.05) is 17.7 Å². The van der Waals surface area contributed by atoms with Crippen LogP contribution in [0.1, 0.15) is 15.9 Å². The number of hydrogen-bond donors (Lipinski definition) is 1. The van der Waals surface area contributed by atoms with Gasteiger partial charge in [-0.05, 0) is 24.3 Å². The summed E-state index contributed by atoms with van der Waals surface area (Å²) in [6.07, 6.45) is -3.85. The van der Waals surface area contributed by atoms with Gasteiger partial charge >= 0.3 is 12.8 Å². The summed E-state index contributed by atoms with van der Waals surface area (Å²) in [7, 11) is 0. The van der Waals surface area contributed by atoms with Crippen LogP contribution in [0.2, 0.25) is 5.02 Å². The van der Waals surface area contributed by atoms with Crippen molar-refractivity contribution in [3.63, 3.8) is 0 Å². The van der Waals surface area contributed by atoms with Crippen molar-refractivity contribution in [2.24, 2.45) is 0 Å². The maximum atomic E-state index is 12.6. The number of aromatic nitrogens is 1. The summed E-state index contributed by atoms with van der Waals surface area (Å²) in [5.74, 6) is -0.369. The highest BCUT2D eigenvalue weighted by atomic mass is 35.5. The molecule has 4 nitrogen and oxygen atoms in total. The number of carbonyl (C=O) groups is 1. The largest absolute Gasteiger partial charge is 0.435 e. The molecule has 1 N–H and O–H groups in total. The summed E-state index contributed by atoms with van der Waals surface area (Å²) in [5.41, 5.74) is -0.820. The number of hydrogen-bond acceptors (Lipinski definition) is 4. The quantitative estimate of drug-likeness (QED) is 0.389. The predicted octanol–water partition coefficient (Wildman–Crippen LogP) is 4.88. The van der Waals surface area contributed by atoms with Crippen molar-refractivity contribution in [3.05, 3.63) is 52.7 Å². The molecule has 0 atom stereocenters. The van der Waals surface area contributed by atoms with Gasteiger partial charge in [-0.15, -0.1) is 11.8 Å². The number of pyridine rings is 1. The van der Waals surface area contributed by atoms with Crippen LogP contribution in [-0.4, -0.2) is 29.8 Å². The maximum absolute atomic E-state index is 12.6. The summed E-state index contributed by atoms with van der Waals surface area (Å²) in [6, 6.07) is 6.06. The molecule has 11 heteroatoms. The molecule has 0 aliphatic heterocycles. The Labute approximate surface area is 160 Å². The number of carbonyl (C=O) groups excluding carboxylic acids is 1. The summed E-state index contributed by atoms with van der Waals surface area (Å²) < 4.78 is 66.2. The molecular weight excluding hydrogens is 415 g/mol. The Bertz CT molecular complexity index is 805. The molecule has 2 aromatic rings. The van der Waals surface area contributed by atoms with Gasteiger partial charge in [-0.25, -0.2) is 4.98 Å². The van der Waals surface area contributed by atoms with Crippen molar-refractivity contribution in [1.29, 1.82) is 0 Å². The van der Waals surface area contributed by atoms with Gasteiger partial charge in [0.1, 0.15) is 10.8 Å². The zero-order chi connectivity index (χ0) is 20.0. The van der Waals surface area contributed by atoms with Crippen molar-refractivity contribution in [2.45, 2.75) is 17.8 Å². The van der Waals surface area contributed by atoms with E-state index in [0.717, 1.165) is 17.8 Å². The number of amides is 1. The molecule has 0 saturated carbocycles. The van der Waals surface area contributed by atoms with Gasteiger partial charge in [-0.3, -0.25) is 4.79 Å². The Morgan fingerprint density at radius 1 is 1.30 bits per heavy atom. The second-order valence-corrected chi connectivity index (χ2v) is 6.51. The molecule has 0 bridgehead atoms. The molecule has 0 unspecified atom stereocenters. The van der Waals surface area contributed by atoms with Crippen LogP contribution in [0.4, 0.5) is 22.0 Å². The van der Waals surface area contributed by atoms with Crippen LogP contribution in [0.25, 0.3) is 0 Å². The van der Waals surface area contributed by atoms with Crippen molar-refractivity contribution < 1.29 is 31.5 Å². The highest BCUT2D eigenvalue weighted by Gasteiger charge is 2.31. The minimum Gasteiger partial charge on any atom is -0.435 e. The van der Waals surface area contributed by atoms with Crippen LogP contribution in [0.15, 0.2) is 41.6 Å². The summed E-state index contributed by atoms with van der Waals surface area (Å²) in [5, 5.41) is 2.61. The first kappa shape index (κ1) is 21.2. The fourth-order valence-corrected chi connectivity index (χ4v) is 2.97. The fraction of sp³-hybridized carbons (Fsp3) is 0.250. The van der Waals surface area contributed by atoms with Crippen LogP contribution >= 0.6 is 23.4 Å². The average molecular weight is 427 g/mol. The van der Waals surface area contributed by atoms with E-state index >= 15 is 0 Å². The highest BCUT2D eigenvalue weighted by molar-refractivity contribution is 7.99. The third-order valence-corrected chi connectivity index (χ3v) is 4.49. The number of thioether (sulfide) groups is 1. The summed E-state index contributed by atoms with van der Waals surface area (Å²) in [4.78, 5) is 15.7. The monoisotopic (exact) mass is 426 g/mol. The lowest BCUT2D eigenvalue weighted by molar-refractivity contribution is -0.137. The van der Waals surface area contributed by atoms with E-state index in [9.17, 15) is 26.7 Å². The lowest BCUT2D eigenvalue weighted by Gasteiger charge is -2.10. The number of rotatable bonds is 7. The smallest absolute Gasteiger partial charge is 0.417 e. The van der Waals surface area contributed by atoms with Crippen LogP contribution in [0.5, 0.6) is 5.75 Å². The van der Waals surface area contributed by atoms with Crippen molar-refractivity contribution in [3.8, 4) is 5.75 Å². The minimum absolute atomic E-state index is 0.129. The van der Waals surface area contributed by atoms with E-state index in [1.165, 1.54) is 24.3 Å².